The summed E-state index contributed by atoms with van der Waals surface area (Å²) in [6.07, 6.45) is 1.37. The molecule has 2 atom stereocenters. The molecule has 13 nitrogen and oxygen atoms in total. The first-order chi connectivity index (χ1) is 29.3. The van der Waals surface area contributed by atoms with Crippen molar-refractivity contribution in [1.82, 2.24) is 20.4 Å². The average molecular weight is 856 g/mol. The van der Waals surface area contributed by atoms with Gasteiger partial charge in [-0.2, -0.15) is 10.5 Å². The van der Waals surface area contributed by atoms with Crippen molar-refractivity contribution in [2.75, 3.05) is 63.2 Å². The fourth-order valence-corrected chi connectivity index (χ4v) is 8.99. The monoisotopic (exact) mass is 854 g/mol. The molecular weight excluding hydrogens is 813 g/mol. The van der Waals surface area contributed by atoms with E-state index >= 15 is 0 Å². The zero-order valence-electron chi connectivity index (χ0n) is 33.6. The fourth-order valence-electron chi connectivity index (χ4n) is 8.62. The number of nitrogens with zero attached hydrogens (tertiary/aromatic N) is 7. The second-order valence-electron chi connectivity index (χ2n) is 16.1. The third-order valence-electron chi connectivity index (χ3n) is 11.7. The second-order valence-corrected chi connectivity index (χ2v) is 17.0. The van der Waals surface area contributed by atoms with Gasteiger partial charge in [-0.3, -0.25) is 19.4 Å². The van der Waals surface area contributed by atoms with Crippen LogP contribution in [0.4, 0.5) is 21.0 Å². The first-order valence-electron chi connectivity index (χ1n) is 19.9. The summed E-state index contributed by atoms with van der Waals surface area (Å²) in [5, 5.41) is 25.7. The second kappa shape index (κ2) is 16.8. The van der Waals surface area contributed by atoms with E-state index in [4.69, 9.17) is 23.2 Å². The number of carbonyl (C=O) groups excluding carboxylic acids is 4. The molecule has 0 spiro atoms. The molecule has 4 aromatic carbocycles. The van der Waals surface area contributed by atoms with Gasteiger partial charge < -0.3 is 24.9 Å². The lowest BCUT2D eigenvalue weighted by atomic mass is 9.94. The highest BCUT2D eigenvalue weighted by molar-refractivity contribution is 6.31. The number of benzene rings is 4. The van der Waals surface area contributed by atoms with Crippen LogP contribution in [0.5, 0.6) is 0 Å². The van der Waals surface area contributed by atoms with Gasteiger partial charge in [0.2, 0.25) is 0 Å². The molecule has 6 amide bonds. The summed E-state index contributed by atoms with van der Waals surface area (Å²) in [5.74, 6) is -0.324. The van der Waals surface area contributed by atoms with Crippen LogP contribution in [-0.2, 0) is 9.59 Å². The van der Waals surface area contributed by atoms with Crippen LogP contribution in [0, 0.1) is 22.7 Å². The van der Waals surface area contributed by atoms with Crippen molar-refractivity contribution in [3.8, 4) is 12.1 Å². The van der Waals surface area contributed by atoms with E-state index in [0.29, 0.717) is 96.6 Å². The molecule has 8 rings (SSSR count). The summed E-state index contributed by atoms with van der Waals surface area (Å²) in [6.45, 7) is 2.90. The van der Waals surface area contributed by atoms with E-state index in [-0.39, 0.29) is 37.0 Å². The molecule has 0 radical (unpaired) electrons. The van der Waals surface area contributed by atoms with E-state index in [2.05, 4.69) is 36.9 Å². The Hall–Kier alpha value is -6.64. The standard InChI is InChI=1S/C46H41Cl2N9O4/c1-57(2,21-5-19-53-27-37-39(43(53)58)41(31-15-11-29(25-49)12-16-31)51-45(60)55(37)35-9-3-7-33(47)23-35)22-6-20-54-28-38-40(44(54)59)42(32-17-13-30(26-50)14-18-32)52-46(61)56(38)36-10-4-8-34(48)24-36/h3-4,7-18,23-24,41-42H,5-6,19-22,27-28H2,1-2H3,(H-,51,52,60,61)/p+1/t41-,42-/m1/s1. The van der Waals surface area contributed by atoms with Crippen molar-refractivity contribution in [3.63, 3.8) is 0 Å². The molecule has 15 heteroatoms. The minimum atomic E-state index is -0.685. The van der Waals surface area contributed by atoms with Gasteiger partial charge >= 0.3 is 12.1 Å². The van der Waals surface area contributed by atoms with Gasteiger partial charge in [-0.25, -0.2) is 9.59 Å². The molecule has 0 aromatic heterocycles. The van der Waals surface area contributed by atoms with Crippen LogP contribution in [-0.4, -0.2) is 91.5 Å². The van der Waals surface area contributed by atoms with Gasteiger partial charge in [0.15, 0.2) is 0 Å². The maximum atomic E-state index is 14.2. The van der Waals surface area contributed by atoms with E-state index in [9.17, 15) is 29.7 Å². The number of amides is 6. The Balaban J connectivity index is 0.929. The molecule has 61 heavy (non-hydrogen) atoms. The molecule has 0 unspecified atom stereocenters. The summed E-state index contributed by atoms with van der Waals surface area (Å²) in [6, 6.07) is 29.8. The number of anilines is 2. The molecule has 0 bridgehead atoms. The number of halogens is 2. The van der Waals surface area contributed by atoms with Gasteiger partial charge in [-0.15, -0.1) is 0 Å². The Morgan fingerprint density at radius 2 is 1.02 bits per heavy atom. The van der Waals surface area contributed by atoms with E-state index in [0.717, 1.165) is 13.1 Å². The van der Waals surface area contributed by atoms with Crippen molar-refractivity contribution in [2.45, 2.75) is 24.9 Å². The van der Waals surface area contributed by atoms with E-state index < -0.39 is 12.1 Å². The number of urea groups is 2. The quantitative estimate of drug-likeness (QED) is 0.146. The SMILES string of the molecule is C[N+](C)(CCCN1CC2=C(C1=O)[C@@H](c1ccc(C#N)cc1)NC(=O)N2c1cccc(Cl)c1)CCCN1CC2=C(C1=O)[C@@H](c1ccc(C#N)cc1)NC(=O)N2c1cccc(Cl)c1. The normalized spacial score (nSPS) is 18.9. The minimum absolute atomic E-state index is 0.162. The molecule has 4 aliphatic heterocycles. The van der Waals surface area contributed by atoms with Crippen molar-refractivity contribution in [2.24, 2.45) is 0 Å². The minimum Gasteiger partial charge on any atom is -0.333 e. The highest BCUT2D eigenvalue weighted by Crippen LogP contribution is 2.41. The smallest absolute Gasteiger partial charge is 0.327 e. The first-order valence-corrected chi connectivity index (χ1v) is 20.7. The van der Waals surface area contributed by atoms with Gasteiger partial charge in [-0.1, -0.05) is 59.6 Å². The molecular formula is C46H42Cl2N9O4+. The number of nitrogens with one attached hydrogen (secondary N) is 2. The largest absolute Gasteiger partial charge is 0.333 e. The van der Waals surface area contributed by atoms with Crippen molar-refractivity contribution >= 4 is 58.5 Å². The molecule has 0 saturated carbocycles. The summed E-state index contributed by atoms with van der Waals surface area (Å²) in [5.41, 5.74) is 5.63. The topological polar surface area (TPSA) is 153 Å². The van der Waals surface area contributed by atoms with E-state index in [1.165, 1.54) is 9.80 Å². The van der Waals surface area contributed by atoms with E-state index in [1.54, 1.807) is 107 Å². The zero-order valence-corrected chi connectivity index (χ0v) is 35.1. The molecule has 0 fully saturated rings. The van der Waals surface area contributed by atoms with Gasteiger partial charge in [0, 0.05) is 36.0 Å². The average Bonchev–Trinajstić information content (AvgIpc) is 3.74. The van der Waals surface area contributed by atoms with Crippen molar-refractivity contribution in [1.29, 1.82) is 10.5 Å². The number of hydrogen-bond acceptors (Lipinski definition) is 6. The molecule has 0 saturated heterocycles. The first kappa shape index (κ1) is 41.1. The Morgan fingerprint density at radius 1 is 0.623 bits per heavy atom. The van der Waals surface area contributed by atoms with Crippen LogP contribution in [0.25, 0.3) is 0 Å². The lowest BCUT2D eigenvalue weighted by Crippen LogP contribution is -2.47. The summed E-state index contributed by atoms with van der Waals surface area (Å²) < 4.78 is 0.634. The Morgan fingerprint density at radius 3 is 1.38 bits per heavy atom. The zero-order chi connectivity index (χ0) is 43.0. The highest BCUT2D eigenvalue weighted by Gasteiger charge is 2.46. The molecule has 308 valence electrons. The van der Waals surface area contributed by atoms with Crippen molar-refractivity contribution < 1.29 is 23.7 Å². The van der Waals surface area contributed by atoms with Gasteiger partial charge in [0.05, 0.1) is 110 Å². The lowest BCUT2D eigenvalue weighted by molar-refractivity contribution is -0.890. The summed E-state index contributed by atoms with van der Waals surface area (Å²) >= 11 is 12.7. The maximum absolute atomic E-state index is 14.2. The molecule has 4 aliphatic rings. The predicted octanol–water partition coefficient (Wildman–Crippen LogP) is 7.03. The third kappa shape index (κ3) is 8.16. The molecule has 2 N–H and O–H groups in total. The Kier molecular flexibility index (Phi) is 11.3. The Labute approximate surface area is 363 Å². The van der Waals surface area contributed by atoms with Crippen LogP contribution in [0.3, 0.4) is 0 Å². The number of carbonyl (C=O) groups is 4. The van der Waals surface area contributed by atoms with Crippen LogP contribution in [0.2, 0.25) is 10.0 Å². The third-order valence-corrected chi connectivity index (χ3v) is 12.1. The number of rotatable bonds is 12. The number of hydrogen-bond donors (Lipinski definition) is 2. The molecule has 4 heterocycles. The number of quaternary nitrogens is 1. The predicted molar refractivity (Wildman–Crippen MR) is 231 cm³/mol. The lowest BCUT2D eigenvalue weighted by Gasteiger charge is -2.33. The van der Waals surface area contributed by atoms with Crippen LogP contribution >= 0.6 is 23.2 Å². The Bertz CT molecular complexity index is 2420. The van der Waals surface area contributed by atoms with Gasteiger partial charge in [0.1, 0.15) is 0 Å². The van der Waals surface area contributed by atoms with Crippen LogP contribution in [0.1, 0.15) is 47.2 Å². The van der Waals surface area contributed by atoms with Crippen LogP contribution in [0.15, 0.2) is 120 Å². The van der Waals surface area contributed by atoms with Gasteiger partial charge in [-0.05, 0) is 71.8 Å². The summed E-state index contributed by atoms with van der Waals surface area (Å²) in [7, 11) is 4.25. The molecule has 4 aromatic rings. The van der Waals surface area contributed by atoms with Crippen LogP contribution < -0.4 is 20.4 Å². The molecule has 0 aliphatic carbocycles. The summed E-state index contributed by atoms with van der Waals surface area (Å²) in [4.78, 5) is 62.5. The highest BCUT2D eigenvalue weighted by atomic mass is 35.5. The van der Waals surface area contributed by atoms with Crippen molar-refractivity contribution in [3.05, 3.63) is 152 Å². The maximum Gasteiger partial charge on any atom is 0.327 e. The fraction of sp³-hybridized carbons (Fsp3) is 0.261. The van der Waals surface area contributed by atoms with E-state index in [1.807, 2.05) is 0 Å². The number of nitriles is 2. The van der Waals surface area contributed by atoms with Gasteiger partial charge in [0.25, 0.3) is 11.8 Å².